The average Bonchev–Trinajstić information content (AvgIpc) is 3.94. The number of allylic oxidation sites excluding steroid dienone is 1. The zero-order chi connectivity index (χ0) is 50.2. The molecule has 0 bridgehead atoms. The van der Waals surface area contributed by atoms with Gasteiger partial charge in [-0.05, 0) is 188 Å². The molecule has 0 amide bonds. The lowest BCUT2D eigenvalue weighted by atomic mass is 10.0. The molecule has 4 aromatic carbocycles. The summed E-state index contributed by atoms with van der Waals surface area (Å²) in [5.41, 5.74) is 15.9. The Labute approximate surface area is 419 Å². The van der Waals surface area contributed by atoms with E-state index in [2.05, 4.69) is 74.6 Å². The van der Waals surface area contributed by atoms with Gasteiger partial charge in [-0.25, -0.2) is 9.97 Å². The highest BCUT2D eigenvalue weighted by Gasteiger charge is 2.29. The Morgan fingerprint density at radius 1 is 0.648 bits per heavy atom. The highest BCUT2D eigenvalue weighted by atomic mass is 31.2. The molecule has 2 N–H and O–H groups in total. The zero-order valence-corrected chi connectivity index (χ0v) is 41.6. The zero-order valence-electron chi connectivity index (χ0n) is 40.7. The van der Waals surface area contributed by atoms with Crippen molar-refractivity contribution in [3.8, 4) is 24.3 Å². The number of carbonyl (C=O) groups is 1. The molecule has 15 heteroatoms. The molecule has 0 spiro atoms. The maximum Gasteiger partial charge on any atom is 0.229 e. The van der Waals surface area contributed by atoms with Gasteiger partial charge in [0.25, 0.3) is 0 Å². The largest absolute Gasteiger partial charge is 0.325 e. The summed E-state index contributed by atoms with van der Waals surface area (Å²) in [6.45, 7) is 20.7. The van der Waals surface area contributed by atoms with Crippen molar-refractivity contribution >= 4 is 65.8 Å². The van der Waals surface area contributed by atoms with Crippen molar-refractivity contribution in [3.05, 3.63) is 145 Å². The fourth-order valence-electron chi connectivity index (χ4n) is 8.32. The van der Waals surface area contributed by atoms with Crippen LogP contribution in [0, 0.1) is 86.9 Å². The first-order valence-electron chi connectivity index (χ1n) is 22.4. The molecule has 1 atom stereocenters. The van der Waals surface area contributed by atoms with Crippen LogP contribution in [0.1, 0.15) is 101 Å². The minimum absolute atomic E-state index is 0. The van der Waals surface area contributed by atoms with Gasteiger partial charge in [-0.2, -0.15) is 31.0 Å². The Kier molecular flexibility index (Phi) is 18.7. The highest BCUT2D eigenvalue weighted by molar-refractivity contribution is 7.63. The van der Waals surface area contributed by atoms with Gasteiger partial charge in [0.15, 0.2) is 0 Å². The van der Waals surface area contributed by atoms with Crippen LogP contribution in [0.5, 0.6) is 0 Å². The summed E-state index contributed by atoms with van der Waals surface area (Å²) in [5, 5.41) is 41.8. The fourth-order valence-corrected chi connectivity index (χ4v) is 8.60. The van der Waals surface area contributed by atoms with Gasteiger partial charge in [0.2, 0.25) is 11.9 Å². The summed E-state index contributed by atoms with van der Waals surface area (Å²) < 4.78 is 10.9. The maximum absolute atomic E-state index is 11.2. The van der Waals surface area contributed by atoms with E-state index in [4.69, 9.17) is 31.0 Å². The van der Waals surface area contributed by atoms with Crippen molar-refractivity contribution in [2.24, 2.45) is 0 Å². The third-order valence-corrected chi connectivity index (χ3v) is 14.0. The third-order valence-electron chi connectivity index (χ3n) is 12.0. The number of benzene rings is 4. The van der Waals surface area contributed by atoms with E-state index in [1.54, 1.807) is 44.5 Å². The van der Waals surface area contributed by atoms with Crippen molar-refractivity contribution in [1.29, 1.82) is 21.0 Å². The first kappa shape index (κ1) is 55.4. The second-order valence-electron chi connectivity index (χ2n) is 17.6. The van der Waals surface area contributed by atoms with Crippen molar-refractivity contribution in [2.45, 2.75) is 88.7 Å². The Hall–Kier alpha value is -8.16. The Bertz CT molecular complexity index is 3140. The molecule has 2 aliphatic heterocycles. The molecule has 0 fully saturated rings. The minimum Gasteiger partial charge on any atom is -0.325 e. The molecule has 0 aliphatic carbocycles. The summed E-state index contributed by atoms with van der Waals surface area (Å²) >= 11 is 0. The number of aldehydes is 1. The van der Waals surface area contributed by atoms with Crippen LogP contribution in [0.15, 0.2) is 78.4 Å². The Balaban J connectivity index is 0.000000262. The molecule has 0 saturated heterocycles. The van der Waals surface area contributed by atoms with E-state index in [0.717, 1.165) is 111 Å². The lowest BCUT2D eigenvalue weighted by Crippen LogP contribution is -2.17. The van der Waals surface area contributed by atoms with Gasteiger partial charge in [0.1, 0.15) is 17.9 Å². The van der Waals surface area contributed by atoms with Gasteiger partial charge in [0.05, 0.1) is 48.2 Å². The molecule has 6 aromatic rings. The molecule has 0 saturated carbocycles. The van der Waals surface area contributed by atoms with Gasteiger partial charge in [0, 0.05) is 69.5 Å². The number of carbonyl (C=O) groups excluding carboxylic acids is 1. The van der Waals surface area contributed by atoms with E-state index < -0.39 is 7.14 Å². The maximum atomic E-state index is 11.2. The van der Waals surface area contributed by atoms with Crippen LogP contribution < -0.4 is 20.4 Å². The molecule has 4 heterocycles. The van der Waals surface area contributed by atoms with Gasteiger partial charge in [-0.1, -0.05) is 14.9 Å². The molecule has 0 radical (unpaired) electrons. The van der Waals surface area contributed by atoms with E-state index in [9.17, 15) is 9.36 Å². The number of fused-ring (bicyclic) bond motifs is 2. The fraction of sp³-hybridized carbons (Fsp3) is 0.304. The summed E-state index contributed by atoms with van der Waals surface area (Å²) in [6.07, 6.45) is 4.57. The summed E-state index contributed by atoms with van der Waals surface area (Å²) in [4.78, 5) is 34.6. The third kappa shape index (κ3) is 13.1. The lowest BCUT2D eigenvalue weighted by Gasteiger charge is -2.24. The Morgan fingerprint density at radius 3 is 1.34 bits per heavy atom. The molecule has 71 heavy (non-hydrogen) atoms. The van der Waals surface area contributed by atoms with Crippen molar-refractivity contribution < 1.29 is 9.36 Å². The van der Waals surface area contributed by atoms with Crippen LogP contribution in [0.2, 0.25) is 0 Å². The summed E-state index contributed by atoms with van der Waals surface area (Å²) in [5.74, 6) is 2.89. The number of hydrogen-bond acceptors (Lipinski definition) is 14. The number of hydrogen-bond donors (Lipinski definition) is 2. The number of aromatic nitrogens is 4. The van der Waals surface area contributed by atoms with Crippen molar-refractivity contribution in [2.75, 3.05) is 46.9 Å². The van der Waals surface area contributed by atoms with Gasteiger partial charge < -0.3 is 25.0 Å². The normalized spacial score (nSPS) is 12.5. The summed E-state index contributed by atoms with van der Waals surface area (Å²) in [6, 6.07) is 30.9. The first-order valence-corrected chi connectivity index (χ1v) is 25.1. The van der Waals surface area contributed by atoms with Crippen LogP contribution in [-0.2, 0) is 17.4 Å². The van der Waals surface area contributed by atoms with E-state index in [1.165, 1.54) is 5.56 Å². The quantitative estimate of drug-likeness (QED) is 0.0784. The number of rotatable bonds is 9. The van der Waals surface area contributed by atoms with Crippen LogP contribution in [0.4, 0.5) is 46.3 Å². The monoisotopic (exact) mass is 966 g/mol. The second-order valence-corrected chi connectivity index (χ2v) is 21.2. The average molecular weight is 967 g/mol. The highest BCUT2D eigenvalue weighted by Crippen LogP contribution is 2.42. The molecule has 364 valence electrons. The van der Waals surface area contributed by atoms with Gasteiger partial charge >= 0.3 is 0 Å². The van der Waals surface area contributed by atoms with E-state index >= 15 is 0 Å². The summed E-state index contributed by atoms with van der Waals surface area (Å²) in [7, 11) is -2.12. The van der Waals surface area contributed by atoms with E-state index in [0.29, 0.717) is 34.2 Å². The molecular weight excluding hydrogens is 904 g/mol. The number of nitrogens with one attached hydrogen (secondary N) is 2. The van der Waals surface area contributed by atoms with Crippen LogP contribution in [0.3, 0.4) is 0 Å². The molecule has 8 rings (SSSR count). The molecule has 14 nitrogen and oxygen atoms in total. The predicted octanol–water partition coefficient (Wildman–Crippen LogP) is 13.0. The SMILES string of the molecule is C.C.C/C(C#N)=C\c1cc(C)c(N2CCc3c(C)nc(Nc4ccc(C#N)cc4)nc32)c(C)c1.CC(C#N)P(C)(C)=O.Cc1cc(C=O)cc(C)c1N1CCc2c(C)nc(Nc3ccc(C#N)cc3)nc21. The number of nitrogens with zero attached hydrogens (tertiary/aromatic N) is 10. The molecular formula is C56H63N12O2P. The van der Waals surface area contributed by atoms with Crippen LogP contribution >= 0.6 is 7.14 Å². The topological polar surface area (TPSA) is 211 Å². The lowest BCUT2D eigenvalue weighted by molar-refractivity contribution is 0.112. The van der Waals surface area contributed by atoms with Crippen LogP contribution in [-0.4, -0.2) is 58.3 Å². The Morgan fingerprint density at radius 2 is 1.03 bits per heavy atom. The number of nitriles is 4. The number of aryl methyl sites for hydroxylation is 6. The van der Waals surface area contributed by atoms with Crippen LogP contribution in [0.25, 0.3) is 6.08 Å². The number of anilines is 8. The minimum atomic E-state index is -2.12. The molecule has 2 aromatic heterocycles. The van der Waals surface area contributed by atoms with Crippen molar-refractivity contribution in [3.63, 3.8) is 0 Å². The van der Waals surface area contributed by atoms with E-state index in [-0.39, 0.29) is 20.5 Å². The van der Waals surface area contributed by atoms with Gasteiger partial charge in [-0.3, -0.25) is 4.79 Å². The van der Waals surface area contributed by atoms with Gasteiger partial charge in [-0.15, -0.1) is 0 Å². The predicted molar refractivity (Wildman–Crippen MR) is 288 cm³/mol. The smallest absolute Gasteiger partial charge is 0.229 e. The van der Waals surface area contributed by atoms with E-state index in [1.807, 2.05) is 83.2 Å². The second kappa shape index (κ2) is 23.9. The first-order chi connectivity index (χ1) is 32.9. The standard InChI is InChI=1S/C26H24N6.C23H21N5O.C5H10NOP.2CH4/c1-16(14-27)11-21-12-17(2)24(18(3)13-21)32-10-9-23-19(4)29-26(31-25(23)32)30-22-7-5-20(15-28)6-8-22;1-14-10-18(13-29)11-15(2)21(14)28-9-8-20-16(3)25-23(27-22(20)28)26-19-6-4-17(12-24)5-7-19;1-5(4-6)8(2,3)7;;/h5-8,11-13H,9-10H2,1-4H3,(H,29,30,31);4-7,10-11,13H,8-9H2,1-3H3,(H,25,26,27);5H,1-3H3;2*1H4/b16-11+;;;;. The molecule has 2 aliphatic rings. The van der Waals surface area contributed by atoms with Crippen molar-refractivity contribution in [1.82, 2.24) is 19.9 Å². The molecule has 1 unspecified atom stereocenters.